The Morgan fingerprint density at radius 2 is 1.78 bits per heavy atom. The van der Waals surface area contributed by atoms with Crippen LogP contribution >= 0.6 is 0 Å². The molecule has 0 bridgehead atoms. The number of hydrogen-bond donors (Lipinski definition) is 0. The maximum atomic E-state index is 11.0. The minimum absolute atomic E-state index is 0.746. The lowest BCUT2D eigenvalue weighted by Crippen LogP contribution is -2.26. The summed E-state index contributed by atoms with van der Waals surface area (Å²) in [6, 6.07) is 7.30. The van der Waals surface area contributed by atoms with Crippen molar-refractivity contribution in [2.24, 2.45) is 0 Å². The van der Waals surface area contributed by atoms with Crippen LogP contribution in [0.1, 0.15) is 19.4 Å². The monoisotopic (exact) mass is 248 g/mol. The molecule has 0 aliphatic rings. The zero-order valence-corrected chi connectivity index (χ0v) is 10.9. The first kappa shape index (κ1) is 13.9. The number of methoxy groups -OCH3 is 2. The molecule has 0 saturated carbocycles. The van der Waals surface area contributed by atoms with Crippen molar-refractivity contribution in [3.05, 3.63) is 29.8 Å². The zero-order valence-electron chi connectivity index (χ0n) is 10.9. The summed E-state index contributed by atoms with van der Waals surface area (Å²) in [5, 5.41) is 0. The van der Waals surface area contributed by atoms with E-state index in [1.807, 2.05) is 24.3 Å². The molecule has 0 spiro atoms. The van der Waals surface area contributed by atoms with E-state index in [0.29, 0.717) is 0 Å². The molecule has 1 aromatic carbocycles. The van der Waals surface area contributed by atoms with Gasteiger partial charge in [0.2, 0.25) is 0 Å². The second-order valence-electron chi connectivity index (χ2n) is 4.04. The summed E-state index contributed by atoms with van der Waals surface area (Å²) in [6.45, 7) is 3.39. The van der Waals surface area contributed by atoms with Crippen LogP contribution in [-0.4, -0.2) is 26.0 Å². The fraction of sp³-hybridized carbons (Fsp3) is 0.357. The van der Waals surface area contributed by atoms with Crippen LogP contribution in [0.25, 0.3) is 0 Å². The summed E-state index contributed by atoms with van der Waals surface area (Å²) in [7, 11) is 2.86. The van der Waals surface area contributed by atoms with E-state index < -0.39 is 11.8 Å². The first-order chi connectivity index (χ1) is 8.46. The maximum Gasteiger partial charge on any atom is 0.509 e. The minimum Gasteiger partial charge on any atom is -0.497 e. The highest BCUT2D eigenvalue weighted by molar-refractivity contribution is 5.61. The van der Waals surface area contributed by atoms with Gasteiger partial charge < -0.3 is 14.2 Å². The van der Waals surface area contributed by atoms with Crippen LogP contribution < -0.4 is 4.74 Å². The normalized spacial score (nSPS) is 10.0. The molecule has 1 rings (SSSR count). The summed E-state index contributed by atoms with van der Waals surface area (Å²) in [5.41, 5.74) is -0.0788. The quantitative estimate of drug-likeness (QED) is 0.596. The minimum atomic E-state index is -0.896. The third kappa shape index (κ3) is 4.38. The van der Waals surface area contributed by atoms with E-state index in [1.54, 1.807) is 21.0 Å². The molecular weight excluding hydrogens is 232 g/mol. The second kappa shape index (κ2) is 5.97. The molecule has 96 valence electrons. The van der Waals surface area contributed by atoms with Gasteiger partial charge in [-0.25, -0.2) is 4.79 Å². The van der Waals surface area contributed by atoms with Gasteiger partial charge >= 0.3 is 6.16 Å². The molecule has 1 aromatic rings. The van der Waals surface area contributed by atoms with Gasteiger partial charge in [-0.05, 0) is 38.1 Å². The molecular formula is C14H16O4. The molecule has 0 aliphatic heterocycles. The lowest BCUT2D eigenvalue weighted by Gasteiger charge is -2.17. The predicted molar refractivity (Wildman–Crippen MR) is 67.4 cm³/mol. The topological polar surface area (TPSA) is 44.8 Å². The number of carbonyl (C=O) groups is 1. The van der Waals surface area contributed by atoms with Crippen molar-refractivity contribution in [3.8, 4) is 17.6 Å². The van der Waals surface area contributed by atoms with E-state index in [1.165, 1.54) is 7.11 Å². The highest BCUT2D eigenvalue weighted by Crippen LogP contribution is 2.12. The van der Waals surface area contributed by atoms with Gasteiger partial charge in [0.1, 0.15) is 5.75 Å². The molecule has 0 aromatic heterocycles. The van der Waals surface area contributed by atoms with Crippen LogP contribution in [0.5, 0.6) is 5.75 Å². The predicted octanol–water partition coefficient (Wildman–Crippen LogP) is 2.61. The second-order valence-corrected chi connectivity index (χ2v) is 4.04. The van der Waals surface area contributed by atoms with Crippen LogP contribution in [0.15, 0.2) is 24.3 Å². The van der Waals surface area contributed by atoms with Crippen molar-refractivity contribution in [1.82, 2.24) is 0 Å². The van der Waals surface area contributed by atoms with Gasteiger partial charge in [-0.1, -0.05) is 11.8 Å². The largest absolute Gasteiger partial charge is 0.509 e. The Hall–Kier alpha value is -2.15. The molecule has 4 heteroatoms. The average molecular weight is 248 g/mol. The number of carbonyl (C=O) groups excluding carboxylic acids is 1. The number of rotatable bonds is 2. The van der Waals surface area contributed by atoms with Crippen molar-refractivity contribution < 1.29 is 19.0 Å². The van der Waals surface area contributed by atoms with Crippen LogP contribution in [0.4, 0.5) is 4.79 Å². The van der Waals surface area contributed by atoms with Gasteiger partial charge in [0, 0.05) is 5.56 Å². The van der Waals surface area contributed by atoms with Crippen LogP contribution in [-0.2, 0) is 9.47 Å². The van der Waals surface area contributed by atoms with E-state index in [-0.39, 0.29) is 0 Å². The van der Waals surface area contributed by atoms with E-state index in [9.17, 15) is 4.79 Å². The summed E-state index contributed by atoms with van der Waals surface area (Å²) in [6.07, 6.45) is -0.746. The van der Waals surface area contributed by atoms with Crippen LogP contribution in [0, 0.1) is 11.8 Å². The molecule has 0 amide bonds. The van der Waals surface area contributed by atoms with Gasteiger partial charge in [-0.3, -0.25) is 0 Å². The van der Waals surface area contributed by atoms with Crippen molar-refractivity contribution in [3.63, 3.8) is 0 Å². The van der Waals surface area contributed by atoms with Gasteiger partial charge in [0.25, 0.3) is 0 Å². The summed E-state index contributed by atoms with van der Waals surface area (Å²) in [5.74, 6) is 6.56. The smallest absolute Gasteiger partial charge is 0.497 e. The van der Waals surface area contributed by atoms with Gasteiger partial charge in [0.05, 0.1) is 14.2 Å². The van der Waals surface area contributed by atoms with E-state index >= 15 is 0 Å². The molecule has 4 nitrogen and oxygen atoms in total. The Morgan fingerprint density at radius 1 is 1.17 bits per heavy atom. The Labute approximate surface area is 107 Å². The third-order valence-corrected chi connectivity index (χ3v) is 2.10. The van der Waals surface area contributed by atoms with Crippen molar-refractivity contribution in [2.45, 2.75) is 19.4 Å². The third-order valence-electron chi connectivity index (χ3n) is 2.10. The van der Waals surface area contributed by atoms with Crippen molar-refractivity contribution >= 4 is 6.16 Å². The molecule has 0 unspecified atom stereocenters. The van der Waals surface area contributed by atoms with Crippen LogP contribution in [0.3, 0.4) is 0 Å². The molecule has 0 saturated heterocycles. The summed E-state index contributed by atoms with van der Waals surface area (Å²) < 4.78 is 14.5. The van der Waals surface area contributed by atoms with E-state index in [2.05, 4.69) is 16.6 Å². The summed E-state index contributed by atoms with van der Waals surface area (Å²) in [4.78, 5) is 11.0. The molecule has 0 heterocycles. The fourth-order valence-corrected chi connectivity index (χ4v) is 1.17. The lowest BCUT2D eigenvalue weighted by molar-refractivity contribution is 0.0221. The fourth-order valence-electron chi connectivity index (χ4n) is 1.17. The molecule has 0 N–H and O–H groups in total. The number of hydrogen-bond acceptors (Lipinski definition) is 4. The van der Waals surface area contributed by atoms with Gasteiger partial charge in [-0.2, -0.15) is 0 Å². The highest BCUT2D eigenvalue weighted by Gasteiger charge is 2.20. The zero-order chi connectivity index (χ0) is 13.6. The first-order valence-electron chi connectivity index (χ1n) is 5.41. The Balaban J connectivity index is 2.76. The van der Waals surface area contributed by atoms with Crippen molar-refractivity contribution in [1.29, 1.82) is 0 Å². The maximum absolute atomic E-state index is 11.0. The van der Waals surface area contributed by atoms with Gasteiger partial charge in [-0.15, -0.1) is 0 Å². The molecule has 0 radical (unpaired) electrons. The lowest BCUT2D eigenvalue weighted by atomic mass is 10.1. The van der Waals surface area contributed by atoms with E-state index in [0.717, 1.165) is 11.3 Å². The van der Waals surface area contributed by atoms with E-state index in [4.69, 9.17) is 9.47 Å². The molecule has 0 atom stereocenters. The highest BCUT2D eigenvalue weighted by atomic mass is 16.7. The molecule has 18 heavy (non-hydrogen) atoms. The summed E-state index contributed by atoms with van der Waals surface area (Å²) >= 11 is 0. The standard InChI is InChI=1S/C14H16O4/c1-14(2,18-13(15)17-4)10-9-11-5-7-12(16-3)8-6-11/h5-8H,1-4H3. The van der Waals surface area contributed by atoms with Crippen LogP contribution in [0.2, 0.25) is 0 Å². The Morgan fingerprint density at radius 3 is 2.28 bits per heavy atom. The SMILES string of the molecule is COC(=O)OC(C)(C)C#Cc1ccc(OC)cc1. The first-order valence-corrected chi connectivity index (χ1v) is 5.41. The van der Waals surface area contributed by atoms with Crippen molar-refractivity contribution in [2.75, 3.05) is 14.2 Å². The molecule has 0 aliphatic carbocycles. The molecule has 0 fully saturated rings. The number of benzene rings is 1. The Bertz CT molecular complexity index is 463. The Kier molecular flexibility index (Phi) is 4.61. The number of ether oxygens (including phenoxy) is 3. The van der Waals surface area contributed by atoms with Gasteiger partial charge in [0.15, 0.2) is 5.60 Å². The average Bonchev–Trinajstić information content (AvgIpc) is 2.36.